The number of carbonyl (C=O) groups is 1. The molecule has 0 aliphatic rings. The van der Waals surface area contributed by atoms with Crippen LogP contribution in [-0.4, -0.2) is 16.2 Å². The molecule has 1 N–H and O–H groups in total. The molecule has 4 aromatic carbocycles. The molecule has 4 nitrogen and oxygen atoms in total. The lowest BCUT2D eigenvalue weighted by Gasteiger charge is -2.21. The van der Waals surface area contributed by atoms with Crippen molar-refractivity contribution >= 4 is 17.6 Å². The van der Waals surface area contributed by atoms with Crippen molar-refractivity contribution in [1.29, 1.82) is 0 Å². The van der Waals surface area contributed by atoms with E-state index < -0.39 is 5.97 Å². The quantitative estimate of drug-likeness (QED) is 0.226. The van der Waals surface area contributed by atoms with Gasteiger partial charge in [0.25, 0.3) is 0 Å². The van der Waals surface area contributed by atoms with Gasteiger partial charge in [-0.15, -0.1) is 0 Å². The maximum Gasteiger partial charge on any atom is 0.335 e. The lowest BCUT2D eigenvalue weighted by atomic mass is 9.83. The smallest absolute Gasteiger partial charge is 0.335 e. The van der Waals surface area contributed by atoms with Gasteiger partial charge >= 0.3 is 5.97 Å². The summed E-state index contributed by atoms with van der Waals surface area (Å²) < 4.78 is 5.88. The number of rotatable bonds is 7. The Labute approximate surface area is 233 Å². The fourth-order valence-corrected chi connectivity index (χ4v) is 4.84. The first-order valence-electron chi connectivity index (χ1n) is 12.9. The molecule has 0 aliphatic heterocycles. The summed E-state index contributed by atoms with van der Waals surface area (Å²) in [6, 6.07) is 33.6. The highest BCUT2D eigenvalue weighted by Gasteiger charge is 2.22. The second-order valence-corrected chi connectivity index (χ2v) is 11.3. The van der Waals surface area contributed by atoms with Crippen LogP contribution in [0.15, 0.2) is 108 Å². The Morgan fingerprint density at radius 1 is 0.846 bits per heavy atom. The maximum absolute atomic E-state index is 11.3. The number of hydrogen-bond acceptors (Lipinski definition) is 3. The molecule has 0 amide bonds. The fourth-order valence-electron chi connectivity index (χ4n) is 4.71. The first kappa shape index (κ1) is 26.5. The molecule has 5 aromatic rings. The Hall–Kier alpha value is -4.15. The highest BCUT2D eigenvalue weighted by molar-refractivity contribution is 6.30. The summed E-state index contributed by atoms with van der Waals surface area (Å²) in [4.78, 5) is 11.3. The second-order valence-electron chi connectivity index (χ2n) is 10.8. The van der Waals surface area contributed by atoms with E-state index in [2.05, 4.69) is 62.3 Å². The molecule has 1 atom stereocenters. The monoisotopic (exact) mass is 535 g/mol. The van der Waals surface area contributed by atoms with Crippen LogP contribution in [0.3, 0.4) is 0 Å². The van der Waals surface area contributed by atoms with Gasteiger partial charge in [-0.2, -0.15) is 0 Å². The molecule has 1 aromatic heterocycles. The van der Waals surface area contributed by atoms with Gasteiger partial charge in [0.2, 0.25) is 0 Å². The maximum atomic E-state index is 11.3. The minimum absolute atomic E-state index is 0.0524. The van der Waals surface area contributed by atoms with Crippen LogP contribution >= 0.6 is 11.6 Å². The van der Waals surface area contributed by atoms with Crippen LogP contribution in [0.5, 0.6) is 0 Å². The second kappa shape index (κ2) is 10.9. The zero-order valence-corrected chi connectivity index (χ0v) is 22.9. The Morgan fingerprint density at radius 3 is 2.15 bits per heavy atom. The van der Waals surface area contributed by atoms with Crippen LogP contribution in [-0.2, 0) is 11.8 Å². The summed E-state index contributed by atoms with van der Waals surface area (Å²) in [5.41, 5.74) is 7.64. The van der Waals surface area contributed by atoms with Gasteiger partial charge in [-0.1, -0.05) is 104 Å². The molecule has 5 heteroatoms. The van der Waals surface area contributed by atoms with E-state index in [0.29, 0.717) is 17.2 Å². The number of hydrogen-bond donors (Lipinski definition) is 1. The number of halogens is 1. The average molecular weight is 536 g/mol. The molecule has 0 aliphatic carbocycles. The van der Waals surface area contributed by atoms with E-state index in [0.717, 1.165) is 33.5 Å². The van der Waals surface area contributed by atoms with Crippen LogP contribution in [0.1, 0.15) is 59.4 Å². The van der Waals surface area contributed by atoms with Gasteiger partial charge in [0.15, 0.2) is 5.76 Å². The number of aromatic nitrogens is 1. The third kappa shape index (κ3) is 6.13. The highest BCUT2D eigenvalue weighted by atomic mass is 35.5. The van der Waals surface area contributed by atoms with Crippen molar-refractivity contribution in [2.45, 2.75) is 38.5 Å². The van der Waals surface area contributed by atoms with Crippen LogP contribution < -0.4 is 0 Å². The van der Waals surface area contributed by atoms with E-state index >= 15 is 0 Å². The van der Waals surface area contributed by atoms with Gasteiger partial charge in [-0.3, -0.25) is 0 Å². The van der Waals surface area contributed by atoms with Crippen LogP contribution in [0.25, 0.3) is 22.5 Å². The van der Waals surface area contributed by atoms with Crippen molar-refractivity contribution in [2.75, 3.05) is 0 Å². The molecule has 196 valence electrons. The molecule has 0 bridgehead atoms. The molecule has 0 radical (unpaired) electrons. The van der Waals surface area contributed by atoms with E-state index in [-0.39, 0.29) is 16.9 Å². The number of benzene rings is 4. The Kier molecular flexibility index (Phi) is 7.40. The number of nitrogens with zero attached hydrogens (tertiary/aromatic N) is 1. The van der Waals surface area contributed by atoms with E-state index in [1.165, 1.54) is 5.56 Å². The standard InChI is InChI=1S/C34H30ClNO3/c1-34(2,3)28-15-11-24(12-16-28)30(19-22-7-9-25(10-8-22)33(37)38)31-21-32(39-36-31)27-6-4-5-26(20-27)23-13-17-29(35)18-14-23/h4-18,20-21,30H,19H2,1-3H3,(H,37,38). The molecule has 0 saturated carbocycles. The minimum Gasteiger partial charge on any atom is -0.478 e. The van der Waals surface area contributed by atoms with Gasteiger partial charge in [-0.25, -0.2) is 4.79 Å². The van der Waals surface area contributed by atoms with Gasteiger partial charge < -0.3 is 9.63 Å². The van der Waals surface area contributed by atoms with E-state index in [1.54, 1.807) is 12.1 Å². The minimum atomic E-state index is -0.933. The molecule has 0 spiro atoms. The molecular formula is C34H30ClNO3. The lowest BCUT2D eigenvalue weighted by molar-refractivity contribution is 0.0697. The molecular weight excluding hydrogens is 506 g/mol. The summed E-state index contributed by atoms with van der Waals surface area (Å²) in [7, 11) is 0. The predicted molar refractivity (Wildman–Crippen MR) is 156 cm³/mol. The van der Waals surface area contributed by atoms with Gasteiger partial charge in [0, 0.05) is 22.6 Å². The Bertz CT molecular complexity index is 1580. The van der Waals surface area contributed by atoms with Crippen molar-refractivity contribution < 1.29 is 14.4 Å². The molecule has 0 fully saturated rings. The largest absolute Gasteiger partial charge is 0.478 e. The molecule has 1 heterocycles. The topological polar surface area (TPSA) is 63.3 Å². The van der Waals surface area contributed by atoms with Gasteiger partial charge in [0.1, 0.15) is 0 Å². The van der Waals surface area contributed by atoms with Crippen molar-refractivity contribution in [3.63, 3.8) is 0 Å². The Balaban J connectivity index is 1.49. The molecule has 5 rings (SSSR count). The normalized spacial score (nSPS) is 12.3. The van der Waals surface area contributed by atoms with Crippen LogP contribution in [0, 0.1) is 0 Å². The first-order chi connectivity index (χ1) is 18.7. The third-order valence-corrected chi connectivity index (χ3v) is 7.28. The zero-order chi connectivity index (χ0) is 27.6. The molecule has 0 saturated heterocycles. The summed E-state index contributed by atoms with van der Waals surface area (Å²) in [6.07, 6.45) is 0.658. The zero-order valence-electron chi connectivity index (χ0n) is 22.2. The van der Waals surface area contributed by atoms with Crippen molar-refractivity contribution in [3.05, 3.63) is 136 Å². The van der Waals surface area contributed by atoms with Crippen molar-refractivity contribution in [1.82, 2.24) is 5.16 Å². The third-order valence-electron chi connectivity index (χ3n) is 7.03. The van der Waals surface area contributed by atoms with Crippen molar-refractivity contribution in [3.8, 4) is 22.5 Å². The first-order valence-corrected chi connectivity index (χ1v) is 13.3. The van der Waals surface area contributed by atoms with Gasteiger partial charge in [0.05, 0.1) is 11.3 Å². The van der Waals surface area contributed by atoms with E-state index in [4.69, 9.17) is 16.1 Å². The van der Waals surface area contributed by atoms with E-state index in [9.17, 15) is 9.90 Å². The fraction of sp³-hybridized carbons (Fsp3) is 0.176. The highest BCUT2D eigenvalue weighted by Crippen LogP contribution is 2.34. The summed E-state index contributed by atoms with van der Waals surface area (Å²) >= 11 is 6.07. The molecule has 39 heavy (non-hydrogen) atoms. The summed E-state index contributed by atoms with van der Waals surface area (Å²) in [5, 5.41) is 14.5. The van der Waals surface area contributed by atoms with Crippen LogP contribution in [0.4, 0.5) is 0 Å². The SMILES string of the molecule is CC(C)(C)c1ccc(C(Cc2ccc(C(=O)O)cc2)c2cc(-c3cccc(-c4ccc(Cl)cc4)c3)on2)cc1. The lowest BCUT2D eigenvalue weighted by Crippen LogP contribution is -2.12. The average Bonchev–Trinajstić information content (AvgIpc) is 3.42. The molecule has 1 unspecified atom stereocenters. The summed E-state index contributed by atoms with van der Waals surface area (Å²) in [5.74, 6) is -0.303. The Morgan fingerprint density at radius 2 is 1.51 bits per heavy atom. The van der Waals surface area contributed by atoms with Crippen molar-refractivity contribution in [2.24, 2.45) is 0 Å². The number of carboxylic acid groups (broad SMARTS) is 1. The summed E-state index contributed by atoms with van der Waals surface area (Å²) in [6.45, 7) is 6.60. The number of carboxylic acids is 1. The van der Waals surface area contributed by atoms with Gasteiger partial charge in [-0.05, 0) is 70.0 Å². The van der Waals surface area contributed by atoms with E-state index in [1.807, 2.05) is 54.6 Å². The van der Waals surface area contributed by atoms with Crippen LogP contribution in [0.2, 0.25) is 5.02 Å². The number of aromatic carboxylic acids is 1. The predicted octanol–water partition coefficient (Wildman–Crippen LogP) is 9.03.